The van der Waals surface area contributed by atoms with E-state index in [1.165, 1.54) is 5.56 Å². The van der Waals surface area contributed by atoms with Gasteiger partial charge in [0, 0.05) is 24.6 Å². The number of nitrogens with zero attached hydrogens (tertiary/aromatic N) is 1. The molecule has 0 radical (unpaired) electrons. The van der Waals surface area contributed by atoms with Crippen LogP contribution in [0.3, 0.4) is 0 Å². The molecule has 1 fully saturated rings. The fraction of sp³-hybridized carbons (Fsp3) is 0.500. The van der Waals surface area contributed by atoms with E-state index in [4.69, 9.17) is 5.11 Å². The topological polar surface area (TPSA) is 57.6 Å². The normalized spacial score (nSPS) is 28.4. The van der Waals surface area contributed by atoms with Crippen LogP contribution in [0, 0.1) is 5.92 Å². The van der Waals surface area contributed by atoms with Crippen LogP contribution in [0.2, 0.25) is 0 Å². The fourth-order valence-corrected chi connectivity index (χ4v) is 3.76. The SMILES string of the molecule is CC(=O)N1CC2(CCC(C(=O)O)CC2)c2ccccc21. The molecule has 0 bridgehead atoms. The molecule has 4 nitrogen and oxygen atoms in total. The summed E-state index contributed by atoms with van der Waals surface area (Å²) in [5.41, 5.74) is 2.20. The number of fused-ring (bicyclic) bond motifs is 2. The van der Waals surface area contributed by atoms with E-state index in [0.29, 0.717) is 19.4 Å². The van der Waals surface area contributed by atoms with Gasteiger partial charge in [-0.1, -0.05) is 18.2 Å². The van der Waals surface area contributed by atoms with Gasteiger partial charge in [-0.05, 0) is 37.3 Å². The van der Waals surface area contributed by atoms with E-state index in [1.807, 2.05) is 23.1 Å². The Morgan fingerprint density at radius 2 is 1.90 bits per heavy atom. The van der Waals surface area contributed by atoms with Gasteiger partial charge in [-0.15, -0.1) is 0 Å². The van der Waals surface area contributed by atoms with E-state index in [2.05, 4.69) is 6.07 Å². The standard InChI is InChI=1S/C16H19NO3/c1-11(18)17-10-16(13-4-2-3-5-14(13)17)8-6-12(7-9-16)15(19)20/h2-5,12H,6-10H2,1H3,(H,19,20). The first-order valence-electron chi connectivity index (χ1n) is 7.14. The summed E-state index contributed by atoms with van der Waals surface area (Å²) in [6.45, 7) is 2.30. The van der Waals surface area contributed by atoms with Gasteiger partial charge >= 0.3 is 5.97 Å². The van der Waals surface area contributed by atoms with Crippen molar-refractivity contribution >= 4 is 17.6 Å². The summed E-state index contributed by atoms with van der Waals surface area (Å²) in [7, 11) is 0. The Morgan fingerprint density at radius 3 is 2.50 bits per heavy atom. The Bertz CT molecular complexity index is 559. The first kappa shape index (κ1) is 13.2. The molecule has 1 aromatic rings. The molecule has 1 N–H and O–H groups in total. The average Bonchev–Trinajstić information content (AvgIpc) is 2.75. The van der Waals surface area contributed by atoms with Crippen LogP contribution < -0.4 is 4.90 Å². The molecule has 1 aliphatic heterocycles. The largest absolute Gasteiger partial charge is 0.481 e. The number of hydrogen-bond donors (Lipinski definition) is 1. The van der Waals surface area contributed by atoms with Crippen molar-refractivity contribution < 1.29 is 14.7 Å². The number of hydrogen-bond acceptors (Lipinski definition) is 2. The summed E-state index contributed by atoms with van der Waals surface area (Å²) in [6, 6.07) is 8.05. The van der Waals surface area contributed by atoms with Crippen molar-refractivity contribution in [3.05, 3.63) is 29.8 Å². The van der Waals surface area contributed by atoms with Gasteiger partial charge in [0.25, 0.3) is 0 Å². The molecule has 1 aliphatic carbocycles. The highest BCUT2D eigenvalue weighted by molar-refractivity contribution is 5.94. The first-order chi connectivity index (χ1) is 9.53. The van der Waals surface area contributed by atoms with E-state index < -0.39 is 5.97 Å². The Labute approximate surface area is 118 Å². The van der Waals surface area contributed by atoms with Crippen LogP contribution in [0.15, 0.2) is 24.3 Å². The summed E-state index contributed by atoms with van der Waals surface area (Å²) in [5, 5.41) is 9.14. The van der Waals surface area contributed by atoms with Crippen LogP contribution in [-0.4, -0.2) is 23.5 Å². The van der Waals surface area contributed by atoms with Gasteiger partial charge in [0.05, 0.1) is 5.92 Å². The molecule has 20 heavy (non-hydrogen) atoms. The lowest BCUT2D eigenvalue weighted by Crippen LogP contribution is -2.39. The van der Waals surface area contributed by atoms with Crippen molar-refractivity contribution in [2.45, 2.75) is 38.0 Å². The van der Waals surface area contributed by atoms with Gasteiger partial charge < -0.3 is 10.0 Å². The summed E-state index contributed by atoms with van der Waals surface area (Å²) in [5.74, 6) is -0.844. The van der Waals surface area contributed by atoms with Gasteiger partial charge in [0.1, 0.15) is 0 Å². The average molecular weight is 273 g/mol. The Hall–Kier alpha value is -1.84. The van der Waals surface area contributed by atoms with Gasteiger partial charge in [-0.25, -0.2) is 0 Å². The quantitative estimate of drug-likeness (QED) is 0.855. The molecule has 1 heterocycles. The van der Waals surface area contributed by atoms with Crippen molar-refractivity contribution in [1.29, 1.82) is 0 Å². The smallest absolute Gasteiger partial charge is 0.306 e. The maximum Gasteiger partial charge on any atom is 0.306 e. The molecular weight excluding hydrogens is 254 g/mol. The minimum absolute atomic E-state index is 0.0335. The second kappa shape index (κ2) is 4.62. The number of anilines is 1. The van der Waals surface area contributed by atoms with Crippen LogP contribution in [0.1, 0.15) is 38.2 Å². The highest BCUT2D eigenvalue weighted by atomic mass is 16.4. The lowest BCUT2D eigenvalue weighted by molar-refractivity contribution is -0.143. The monoisotopic (exact) mass is 273 g/mol. The summed E-state index contributed by atoms with van der Waals surface area (Å²) in [6.07, 6.45) is 3.11. The predicted octanol–water partition coefficient (Wildman–Crippen LogP) is 2.57. The molecular formula is C16H19NO3. The predicted molar refractivity (Wildman–Crippen MR) is 75.7 cm³/mol. The number of carbonyl (C=O) groups excluding carboxylic acids is 1. The minimum atomic E-state index is -0.686. The number of carboxylic acid groups (broad SMARTS) is 1. The Balaban J connectivity index is 1.93. The van der Waals surface area contributed by atoms with Crippen molar-refractivity contribution in [2.24, 2.45) is 5.92 Å². The summed E-state index contributed by atoms with van der Waals surface area (Å²) in [4.78, 5) is 24.8. The van der Waals surface area contributed by atoms with E-state index in [-0.39, 0.29) is 17.2 Å². The molecule has 1 aromatic carbocycles. The molecule has 0 saturated heterocycles. The zero-order chi connectivity index (χ0) is 14.3. The van der Waals surface area contributed by atoms with Crippen molar-refractivity contribution in [3.8, 4) is 0 Å². The molecule has 3 rings (SSSR count). The third-order valence-corrected chi connectivity index (χ3v) is 4.90. The Morgan fingerprint density at radius 1 is 1.25 bits per heavy atom. The molecule has 0 unspecified atom stereocenters. The second-order valence-electron chi connectivity index (χ2n) is 6.02. The van der Waals surface area contributed by atoms with Gasteiger partial charge in [0.2, 0.25) is 5.91 Å². The van der Waals surface area contributed by atoms with E-state index in [0.717, 1.165) is 18.5 Å². The molecule has 1 spiro atoms. The molecule has 1 saturated carbocycles. The summed E-state index contributed by atoms with van der Waals surface area (Å²) < 4.78 is 0. The molecule has 4 heteroatoms. The van der Waals surface area contributed by atoms with Crippen LogP contribution in [0.4, 0.5) is 5.69 Å². The van der Waals surface area contributed by atoms with Gasteiger partial charge in [-0.3, -0.25) is 9.59 Å². The molecule has 106 valence electrons. The van der Waals surface area contributed by atoms with Gasteiger partial charge in [-0.2, -0.15) is 0 Å². The van der Waals surface area contributed by atoms with E-state index in [9.17, 15) is 9.59 Å². The third kappa shape index (κ3) is 1.90. The van der Waals surface area contributed by atoms with Crippen molar-refractivity contribution in [1.82, 2.24) is 0 Å². The maximum absolute atomic E-state index is 11.8. The highest BCUT2D eigenvalue weighted by Gasteiger charge is 2.46. The fourth-order valence-electron chi connectivity index (χ4n) is 3.76. The van der Waals surface area contributed by atoms with Crippen molar-refractivity contribution in [3.63, 3.8) is 0 Å². The number of rotatable bonds is 1. The van der Waals surface area contributed by atoms with Gasteiger partial charge in [0.15, 0.2) is 0 Å². The van der Waals surface area contributed by atoms with E-state index >= 15 is 0 Å². The molecule has 2 aliphatic rings. The number of carbonyl (C=O) groups is 2. The van der Waals surface area contributed by atoms with Crippen molar-refractivity contribution in [2.75, 3.05) is 11.4 Å². The zero-order valence-corrected chi connectivity index (χ0v) is 11.6. The molecule has 0 aromatic heterocycles. The lowest BCUT2D eigenvalue weighted by Gasteiger charge is -2.36. The van der Waals surface area contributed by atoms with E-state index in [1.54, 1.807) is 6.92 Å². The third-order valence-electron chi connectivity index (χ3n) is 4.90. The number of benzene rings is 1. The zero-order valence-electron chi connectivity index (χ0n) is 11.6. The van der Waals surface area contributed by atoms with Crippen LogP contribution >= 0.6 is 0 Å². The number of aliphatic carboxylic acids is 1. The number of amides is 1. The summed E-state index contributed by atoms with van der Waals surface area (Å²) >= 11 is 0. The second-order valence-corrected chi connectivity index (χ2v) is 6.02. The van der Waals surface area contributed by atoms with Crippen LogP contribution in [0.25, 0.3) is 0 Å². The van der Waals surface area contributed by atoms with Crippen LogP contribution in [-0.2, 0) is 15.0 Å². The number of para-hydroxylation sites is 1. The minimum Gasteiger partial charge on any atom is -0.481 e. The lowest BCUT2D eigenvalue weighted by atomic mass is 9.68. The Kier molecular flexibility index (Phi) is 3.04. The number of carboxylic acids is 1. The highest BCUT2D eigenvalue weighted by Crippen LogP contribution is 2.50. The maximum atomic E-state index is 11.8. The molecule has 0 atom stereocenters. The van der Waals surface area contributed by atoms with Crippen LogP contribution in [0.5, 0.6) is 0 Å². The first-order valence-corrected chi connectivity index (χ1v) is 7.14. The molecule has 1 amide bonds.